The van der Waals surface area contributed by atoms with Crippen molar-refractivity contribution in [2.75, 3.05) is 10.6 Å². The van der Waals surface area contributed by atoms with E-state index in [4.69, 9.17) is 22.1 Å². The number of aromatic nitrogens is 1. The zero-order valence-corrected chi connectivity index (χ0v) is 17.8. The highest BCUT2D eigenvalue weighted by atomic mass is 35.5. The first-order valence-corrected chi connectivity index (χ1v) is 10.1. The summed E-state index contributed by atoms with van der Waals surface area (Å²) in [4.78, 5) is 30.6. The number of nitrogen functional groups attached to an aromatic ring is 1. The van der Waals surface area contributed by atoms with Gasteiger partial charge in [-0.05, 0) is 49.2 Å². The van der Waals surface area contributed by atoms with Crippen LogP contribution >= 0.6 is 22.9 Å². The molecule has 2 N–H and O–H groups in total. The van der Waals surface area contributed by atoms with Crippen molar-refractivity contribution in [1.82, 2.24) is 4.98 Å². The number of rotatable bonds is 5. The van der Waals surface area contributed by atoms with Crippen LogP contribution in [0.15, 0.2) is 41.8 Å². The first-order valence-electron chi connectivity index (χ1n) is 8.81. The average Bonchev–Trinajstić information content (AvgIpc) is 3.11. The van der Waals surface area contributed by atoms with Crippen LogP contribution in [0.25, 0.3) is 0 Å². The molecule has 0 saturated carbocycles. The molecule has 1 aromatic heterocycles. The maximum Gasteiger partial charge on any atom is 0.340 e. The molecular weight excluding hydrogens is 410 g/mol. The SMILES string of the molecule is CC(=O)N(c1nc(COC(=O)c2ccc(Cl)cc2N)cs1)c1cccc(C)c1C. The normalized spacial score (nSPS) is 10.6. The first kappa shape index (κ1) is 20.8. The van der Waals surface area contributed by atoms with Gasteiger partial charge in [0.05, 0.1) is 16.9 Å². The lowest BCUT2D eigenvalue weighted by molar-refractivity contribution is -0.115. The number of nitrogens with two attached hydrogens (primary N) is 1. The van der Waals surface area contributed by atoms with Gasteiger partial charge in [0.25, 0.3) is 0 Å². The highest BCUT2D eigenvalue weighted by Crippen LogP contribution is 2.32. The predicted molar refractivity (Wildman–Crippen MR) is 116 cm³/mol. The molecule has 1 amide bonds. The molecule has 29 heavy (non-hydrogen) atoms. The van der Waals surface area contributed by atoms with E-state index in [-0.39, 0.29) is 23.8 Å². The molecule has 150 valence electrons. The average molecular weight is 430 g/mol. The van der Waals surface area contributed by atoms with Gasteiger partial charge in [0, 0.05) is 23.0 Å². The van der Waals surface area contributed by atoms with Crippen LogP contribution in [-0.4, -0.2) is 16.9 Å². The van der Waals surface area contributed by atoms with Crippen molar-refractivity contribution < 1.29 is 14.3 Å². The lowest BCUT2D eigenvalue weighted by Crippen LogP contribution is -2.23. The van der Waals surface area contributed by atoms with Gasteiger partial charge in [0.2, 0.25) is 5.91 Å². The summed E-state index contributed by atoms with van der Waals surface area (Å²) >= 11 is 7.16. The molecule has 0 bridgehead atoms. The third kappa shape index (κ3) is 4.58. The summed E-state index contributed by atoms with van der Waals surface area (Å²) in [7, 11) is 0. The van der Waals surface area contributed by atoms with Gasteiger partial charge in [-0.25, -0.2) is 9.78 Å². The van der Waals surface area contributed by atoms with E-state index in [2.05, 4.69) is 4.98 Å². The second-order valence-electron chi connectivity index (χ2n) is 6.50. The van der Waals surface area contributed by atoms with Gasteiger partial charge < -0.3 is 10.5 Å². The summed E-state index contributed by atoms with van der Waals surface area (Å²) in [5.74, 6) is -0.711. The number of thiazole rings is 1. The number of amides is 1. The minimum Gasteiger partial charge on any atom is -0.455 e. The number of esters is 1. The maximum absolute atomic E-state index is 12.3. The molecule has 0 unspecified atom stereocenters. The van der Waals surface area contributed by atoms with Crippen molar-refractivity contribution in [3.8, 4) is 0 Å². The predicted octanol–water partition coefficient (Wildman–Crippen LogP) is 5.04. The molecule has 0 aliphatic rings. The molecule has 2 aromatic carbocycles. The molecule has 3 rings (SSSR count). The van der Waals surface area contributed by atoms with Crippen molar-refractivity contribution in [3.05, 3.63) is 69.2 Å². The van der Waals surface area contributed by atoms with Crippen molar-refractivity contribution in [3.63, 3.8) is 0 Å². The number of aryl methyl sites for hydroxylation is 1. The number of hydrogen-bond acceptors (Lipinski definition) is 6. The Labute approximate surface area is 177 Å². The largest absolute Gasteiger partial charge is 0.455 e. The Balaban J connectivity index is 1.77. The number of benzene rings is 2. The molecule has 0 radical (unpaired) electrons. The molecule has 0 fully saturated rings. The Morgan fingerprint density at radius 2 is 2.00 bits per heavy atom. The Hall–Kier alpha value is -2.90. The summed E-state index contributed by atoms with van der Waals surface area (Å²) in [5, 5.41) is 2.72. The number of nitrogens with zero attached hydrogens (tertiary/aromatic N) is 2. The Kier molecular flexibility index (Phi) is 6.20. The Morgan fingerprint density at radius 3 is 2.69 bits per heavy atom. The standard InChI is InChI=1S/C21H20ClN3O3S/c1-12-5-4-6-19(13(12)2)25(14(3)26)21-24-16(11-29-21)10-28-20(27)17-8-7-15(22)9-18(17)23/h4-9,11H,10,23H2,1-3H3. The second kappa shape index (κ2) is 8.63. The molecule has 1 heterocycles. The fourth-order valence-electron chi connectivity index (χ4n) is 2.79. The molecule has 0 atom stereocenters. The van der Waals surface area contributed by atoms with Crippen molar-refractivity contribution in [2.45, 2.75) is 27.4 Å². The Bertz CT molecular complexity index is 1080. The van der Waals surface area contributed by atoms with Crippen LogP contribution in [0.5, 0.6) is 0 Å². The van der Waals surface area contributed by atoms with Gasteiger partial charge in [-0.1, -0.05) is 23.7 Å². The van der Waals surface area contributed by atoms with E-state index < -0.39 is 5.97 Å². The van der Waals surface area contributed by atoms with Crippen LogP contribution in [0, 0.1) is 13.8 Å². The summed E-state index contributed by atoms with van der Waals surface area (Å²) in [6.45, 7) is 5.42. The number of carbonyl (C=O) groups is 2. The first-order chi connectivity index (χ1) is 13.8. The minimum absolute atomic E-state index is 0.0318. The van der Waals surface area contributed by atoms with E-state index in [0.717, 1.165) is 16.8 Å². The van der Waals surface area contributed by atoms with E-state index >= 15 is 0 Å². The molecule has 0 aliphatic heterocycles. The quantitative estimate of drug-likeness (QED) is 0.453. The van der Waals surface area contributed by atoms with E-state index in [1.165, 1.54) is 30.4 Å². The van der Waals surface area contributed by atoms with Crippen molar-refractivity contribution in [1.29, 1.82) is 0 Å². The lowest BCUT2D eigenvalue weighted by atomic mass is 10.1. The molecule has 6 nitrogen and oxygen atoms in total. The summed E-state index contributed by atoms with van der Waals surface area (Å²) < 4.78 is 5.32. The third-order valence-electron chi connectivity index (χ3n) is 4.45. The third-order valence-corrected chi connectivity index (χ3v) is 5.56. The minimum atomic E-state index is -0.563. The number of ether oxygens (including phenoxy) is 1. The summed E-state index contributed by atoms with van der Waals surface area (Å²) in [6, 6.07) is 10.4. The molecule has 8 heteroatoms. The zero-order chi connectivity index (χ0) is 21.1. The number of halogens is 1. The van der Waals surface area contributed by atoms with E-state index in [1.54, 1.807) is 16.3 Å². The van der Waals surface area contributed by atoms with E-state index in [0.29, 0.717) is 15.8 Å². The summed E-state index contributed by atoms with van der Waals surface area (Å²) in [6.07, 6.45) is 0. The van der Waals surface area contributed by atoms with Crippen LogP contribution < -0.4 is 10.6 Å². The number of anilines is 3. The highest BCUT2D eigenvalue weighted by Gasteiger charge is 2.21. The van der Waals surface area contributed by atoms with Gasteiger partial charge in [-0.3, -0.25) is 9.69 Å². The lowest BCUT2D eigenvalue weighted by Gasteiger charge is -2.21. The van der Waals surface area contributed by atoms with Gasteiger partial charge >= 0.3 is 5.97 Å². The monoisotopic (exact) mass is 429 g/mol. The fourth-order valence-corrected chi connectivity index (χ4v) is 3.83. The number of carbonyl (C=O) groups excluding carboxylic acids is 2. The van der Waals surface area contributed by atoms with E-state index in [9.17, 15) is 9.59 Å². The van der Waals surface area contributed by atoms with Crippen LogP contribution in [0.3, 0.4) is 0 Å². The van der Waals surface area contributed by atoms with Crippen molar-refractivity contribution >= 4 is 51.3 Å². The van der Waals surface area contributed by atoms with Crippen LogP contribution in [-0.2, 0) is 16.1 Å². The molecular formula is C21H20ClN3O3S. The topological polar surface area (TPSA) is 85.5 Å². The highest BCUT2D eigenvalue weighted by molar-refractivity contribution is 7.14. The smallest absolute Gasteiger partial charge is 0.340 e. The second-order valence-corrected chi connectivity index (χ2v) is 7.78. The van der Waals surface area contributed by atoms with Crippen LogP contribution in [0.4, 0.5) is 16.5 Å². The fraction of sp³-hybridized carbons (Fsp3) is 0.190. The maximum atomic E-state index is 12.3. The van der Waals surface area contributed by atoms with Crippen LogP contribution in [0.2, 0.25) is 5.02 Å². The molecule has 3 aromatic rings. The molecule has 0 aliphatic carbocycles. The van der Waals surface area contributed by atoms with Crippen LogP contribution in [0.1, 0.15) is 34.1 Å². The van der Waals surface area contributed by atoms with E-state index in [1.807, 2.05) is 32.0 Å². The molecule has 0 spiro atoms. The van der Waals surface area contributed by atoms with Gasteiger partial charge in [0.1, 0.15) is 6.61 Å². The van der Waals surface area contributed by atoms with Gasteiger partial charge in [-0.2, -0.15) is 0 Å². The zero-order valence-electron chi connectivity index (χ0n) is 16.2. The molecule has 0 saturated heterocycles. The van der Waals surface area contributed by atoms with Crippen molar-refractivity contribution in [2.24, 2.45) is 0 Å². The van der Waals surface area contributed by atoms with Gasteiger partial charge in [0.15, 0.2) is 5.13 Å². The number of hydrogen-bond donors (Lipinski definition) is 1. The summed E-state index contributed by atoms with van der Waals surface area (Å²) in [5.41, 5.74) is 9.72. The van der Waals surface area contributed by atoms with Gasteiger partial charge in [-0.15, -0.1) is 11.3 Å². The Morgan fingerprint density at radius 1 is 1.24 bits per heavy atom.